The largest absolute Gasteiger partial charge is 0.391 e. The number of piperidine rings is 1. The summed E-state index contributed by atoms with van der Waals surface area (Å²) < 4.78 is 0. The van der Waals surface area contributed by atoms with Gasteiger partial charge in [-0.15, -0.1) is 0 Å². The topological polar surface area (TPSA) is 26.7 Å². The first-order valence-electron chi connectivity index (χ1n) is 7.73. The van der Waals surface area contributed by atoms with Gasteiger partial charge in [-0.25, -0.2) is 0 Å². The minimum atomic E-state index is -0.0583. The lowest BCUT2D eigenvalue weighted by Gasteiger charge is -2.41. The van der Waals surface area contributed by atoms with Crippen molar-refractivity contribution in [2.75, 3.05) is 33.7 Å². The van der Waals surface area contributed by atoms with E-state index in [1.165, 1.54) is 58.2 Å². The summed E-state index contributed by atoms with van der Waals surface area (Å²) in [4.78, 5) is 4.85. The number of nitrogens with zero attached hydrogens (tertiary/aromatic N) is 2. The molecule has 3 heteroatoms. The van der Waals surface area contributed by atoms with E-state index in [2.05, 4.69) is 23.9 Å². The minimum absolute atomic E-state index is 0.0583. The Morgan fingerprint density at radius 1 is 1.06 bits per heavy atom. The molecule has 2 aliphatic rings. The highest BCUT2D eigenvalue weighted by molar-refractivity contribution is 4.86. The van der Waals surface area contributed by atoms with Crippen LogP contribution in [-0.4, -0.2) is 60.8 Å². The molecule has 2 rings (SSSR count). The lowest BCUT2D eigenvalue weighted by Crippen LogP contribution is -2.48. The summed E-state index contributed by atoms with van der Waals surface area (Å²) in [6.07, 6.45) is 8.70. The van der Waals surface area contributed by atoms with Crippen LogP contribution in [0.2, 0.25) is 0 Å². The van der Waals surface area contributed by atoms with Crippen molar-refractivity contribution in [2.45, 2.75) is 57.1 Å². The minimum Gasteiger partial charge on any atom is -0.391 e. The fourth-order valence-corrected chi connectivity index (χ4v) is 3.53. The van der Waals surface area contributed by atoms with Gasteiger partial charge in [-0.1, -0.05) is 12.8 Å². The van der Waals surface area contributed by atoms with Gasteiger partial charge in [0.25, 0.3) is 0 Å². The first kappa shape index (κ1) is 14.3. The van der Waals surface area contributed by atoms with Gasteiger partial charge in [-0.05, 0) is 71.8 Å². The van der Waals surface area contributed by atoms with Gasteiger partial charge >= 0.3 is 0 Å². The van der Waals surface area contributed by atoms with Gasteiger partial charge in [0, 0.05) is 6.04 Å². The van der Waals surface area contributed by atoms with Crippen LogP contribution in [0.1, 0.15) is 44.9 Å². The second-order valence-electron chi connectivity index (χ2n) is 6.49. The quantitative estimate of drug-likeness (QED) is 0.831. The Morgan fingerprint density at radius 3 is 2.33 bits per heavy atom. The maximum atomic E-state index is 10.1. The SMILES string of the molecule is CN(C)CCC1CCN(C2CCCCC2O)CC1. The van der Waals surface area contributed by atoms with Crippen molar-refractivity contribution in [3.05, 3.63) is 0 Å². The molecule has 1 heterocycles. The van der Waals surface area contributed by atoms with Gasteiger partial charge in [0.2, 0.25) is 0 Å². The van der Waals surface area contributed by atoms with Crippen LogP contribution in [-0.2, 0) is 0 Å². The Balaban J connectivity index is 1.72. The van der Waals surface area contributed by atoms with Crippen molar-refractivity contribution in [2.24, 2.45) is 5.92 Å². The summed E-state index contributed by atoms with van der Waals surface area (Å²) in [6.45, 7) is 3.64. The van der Waals surface area contributed by atoms with Crippen molar-refractivity contribution in [1.82, 2.24) is 9.80 Å². The third kappa shape index (κ3) is 3.94. The number of aliphatic hydroxyl groups excluding tert-OH is 1. The maximum Gasteiger partial charge on any atom is 0.0695 e. The molecule has 0 bridgehead atoms. The van der Waals surface area contributed by atoms with Gasteiger partial charge in [0.15, 0.2) is 0 Å². The van der Waals surface area contributed by atoms with E-state index in [0.29, 0.717) is 6.04 Å². The molecule has 2 atom stereocenters. The molecule has 0 spiro atoms. The van der Waals surface area contributed by atoms with E-state index in [1.54, 1.807) is 0 Å². The molecule has 106 valence electrons. The zero-order valence-electron chi connectivity index (χ0n) is 12.1. The summed E-state index contributed by atoms with van der Waals surface area (Å²) in [5, 5.41) is 10.1. The van der Waals surface area contributed by atoms with Crippen LogP contribution in [0.15, 0.2) is 0 Å². The predicted octanol–water partition coefficient (Wildman–Crippen LogP) is 1.95. The van der Waals surface area contributed by atoms with Crippen LogP contribution in [0.5, 0.6) is 0 Å². The first-order chi connectivity index (χ1) is 8.66. The second-order valence-corrected chi connectivity index (χ2v) is 6.49. The van der Waals surface area contributed by atoms with E-state index >= 15 is 0 Å². The molecule has 3 nitrogen and oxygen atoms in total. The first-order valence-corrected chi connectivity index (χ1v) is 7.73. The average Bonchev–Trinajstić information content (AvgIpc) is 2.38. The van der Waals surface area contributed by atoms with Gasteiger partial charge in [-0.2, -0.15) is 0 Å². The molecule has 2 unspecified atom stereocenters. The van der Waals surface area contributed by atoms with Crippen LogP contribution in [0.3, 0.4) is 0 Å². The molecular weight excluding hydrogens is 224 g/mol. The molecule has 0 aromatic heterocycles. The average molecular weight is 254 g/mol. The molecule has 0 amide bonds. The normalized spacial score (nSPS) is 32.0. The van der Waals surface area contributed by atoms with Crippen molar-refractivity contribution in [1.29, 1.82) is 0 Å². The molecule has 0 aromatic carbocycles. The van der Waals surface area contributed by atoms with Crippen molar-refractivity contribution >= 4 is 0 Å². The summed E-state index contributed by atoms with van der Waals surface area (Å²) in [5.74, 6) is 0.907. The summed E-state index contributed by atoms with van der Waals surface area (Å²) >= 11 is 0. The van der Waals surface area contributed by atoms with E-state index in [4.69, 9.17) is 0 Å². The van der Waals surface area contributed by atoms with E-state index < -0.39 is 0 Å². The molecule has 0 aromatic rings. The van der Waals surface area contributed by atoms with Gasteiger partial charge in [0.05, 0.1) is 6.10 Å². The molecular formula is C15H30N2O. The monoisotopic (exact) mass is 254 g/mol. The number of likely N-dealkylation sites (tertiary alicyclic amines) is 1. The number of hydrogen-bond acceptors (Lipinski definition) is 3. The van der Waals surface area contributed by atoms with Crippen molar-refractivity contribution in [3.63, 3.8) is 0 Å². The van der Waals surface area contributed by atoms with E-state index in [1.807, 2.05) is 0 Å². The van der Waals surface area contributed by atoms with Crippen LogP contribution in [0.4, 0.5) is 0 Å². The Bertz CT molecular complexity index is 237. The molecule has 1 aliphatic carbocycles. The Hall–Kier alpha value is -0.120. The standard InChI is InChI=1S/C15H30N2O/c1-16(2)10-7-13-8-11-17(12-9-13)14-5-3-4-6-15(14)18/h13-15,18H,3-12H2,1-2H3. The third-order valence-electron chi connectivity index (χ3n) is 4.80. The van der Waals surface area contributed by atoms with Crippen LogP contribution in [0.25, 0.3) is 0 Å². The fourth-order valence-electron chi connectivity index (χ4n) is 3.53. The number of hydrogen-bond donors (Lipinski definition) is 1. The van der Waals surface area contributed by atoms with E-state index in [9.17, 15) is 5.11 Å². The van der Waals surface area contributed by atoms with Crippen molar-refractivity contribution in [3.8, 4) is 0 Å². The van der Waals surface area contributed by atoms with Gasteiger partial charge in [-0.3, -0.25) is 4.90 Å². The Kier molecular flexibility index (Phi) is 5.46. The van der Waals surface area contributed by atoms with Gasteiger partial charge < -0.3 is 10.0 Å². The second kappa shape index (κ2) is 6.88. The van der Waals surface area contributed by atoms with E-state index in [-0.39, 0.29) is 6.10 Å². The zero-order chi connectivity index (χ0) is 13.0. The summed E-state index contributed by atoms with van der Waals surface area (Å²) in [5.41, 5.74) is 0. The maximum absolute atomic E-state index is 10.1. The van der Waals surface area contributed by atoms with Crippen LogP contribution < -0.4 is 0 Å². The zero-order valence-corrected chi connectivity index (χ0v) is 12.1. The number of rotatable bonds is 4. The molecule has 1 aliphatic heterocycles. The highest BCUT2D eigenvalue weighted by Gasteiger charge is 2.31. The summed E-state index contributed by atoms with van der Waals surface area (Å²) in [7, 11) is 4.32. The number of aliphatic hydroxyl groups is 1. The van der Waals surface area contributed by atoms with Crippen LogP contribution in [0, 0.1) is 5.92 Å². The van der Waals surface area contributed by atoms with Gasteiger partial charge in [0.1, 0.15) is 0 Å². The smallest absolute Gasteiger partial charge is 0.0695 e. The molecule has 1 saturated heterocycles. The van der Waals surface area contributed by atoms with Crippen molar-refractivity contribution < 1.29 is 5.11 Å². The van der Waals surface area contributed by atoms with E-state index in [0.717, 1.165) is 12.3 Å². The lowest BCUT2D eigenvalue weighted by atomic mass is 9.87. The third-order valence-corrected chi connectivity index (χ3v) is 4.80. The highest BCUT2D eigenvalue weighted by Crippen LogP contribution is 2.28. The predicted molar refractivity (Wildman–Crippen MR) is 75.7 cm³/mol. The molecule has 1 saturated carbocycles. The molecule has 18 heavy (non-hydrogen) atoms. The molecule has 1 N–H and O–H groups in total. The highest BCUT2D eigenvalue weighted by atomic mass is 16.3. The Labute approximate surface area is 112 Å². The fraction of sp³-hybridized carbons (Fsp3) is 1.00. The molecule has 2 fully saturated rings. The molecule has 0 radical (unpaired) electrons. The van der Waals surface area contributed by atoms with Crippen LogP contribution >= 0.6 is 0 Å². The summed E-state index contributed by atoms with van der Waals surface area (Å²) in [6, 6.07) is 0.466. The Morgan fingerprint density at radius 2 is 1.72 bits per heavy atom. The lowest BCUT2D eigenvalue weighted by molar-refractivity contribution is 0.00304.